The van der Waals surface area contributed by atoms with Crippen LogP contribution in [0.2, 0.25) is 0 Å². The third-order valence-electron chi connectivity index (χ3n) is 0.809. The highest BCUT2D eigenvalue weighted by atomic mass is 19.3. The van der Waals surface area contributed by atoms with Gasteiger partial charge in [-0.25, -0.2) is 0 Å². The number of hydrogen-bond donors (Lipinski definition) is 0. The molecule has 0 radical (unpaired) electrons. The summed E-state index contributed by atoms with van der Waals surface area (Å²) in [4.78, 5) is 5.03. The van der Waals surface area contributed by atoms with Crippen LogP contribution in [0.4, 0.5) is 4.53 Å². The summed E-state index contributed by atoms with van der Waals surface area (Å²) in [6, 6.07) is 0. The zero-order chi connectivity index (χ0) is 5.70. The maximum atomic E-state index is 10.9. The van der Waals surface area contributed by atoms with Crippen LogP contribution in [0.3, 0.4) is 0 Å². The minimum absolute atomic E-state index is 0.0660. The lowest BCUT2D eigenvalue weighted by Crippen LogP contribution is -2.18. The van der Waals surface area contributed by atoms with Gasteiger partial charge in [-0.2, -0.15) is 4.94 Å². The second kappa shape index (κ2) is 4.02. The highest BCUT2D eigenvalue weighted by Gasteiger charge is 1.89. The van der Waals surface area contributed by atoms with Crippen LogP contribution in [0.5, 0.6) is 0 Å². The fourth-order valence-electron chi connectivity index (χ4n) is 0.175. The quantitative estimate of drug-likeness (QED) is 0.494. The van der Waals surface area contributed by atoms with E-state index in [0.717, 1.165) is 6.54 Å². The maximum absolute atomic E-state index is 10.9. The summed E-state index contributed by atoms with van der Waals surface area (Å²) in [5.74, 6) is 0. The molecule has 0 aliphatic heterocycles. The molecule has 0 aliphatic rings. The normalized spacial score (nSPS) is 10.3. The number of hydrogen-bond acceptors (Lipinski definition) is 2. The Hall–Kier alpha value is -0.150. The van der Waals surface area contributed by atoms with Crippen LogP contribution in [0.1, 0.15) is 6.92 Å². The molecule has 44 valence electrons. The van der Waals surface area contributed by atoms with Crippen LogP contribution < -0.4 is 0 Å². The van der Waals surface area contributed by atoms with E-state index in [2.05, 4.69) is 4.94 Å². The standard InChI is InChI=1S/C4H10FNO/c1-3-6(2)4-7-5/h3-4H2,1-2H3. The van der Waals surface area contributed by atoms with Crippen LogP contribution in [0.15, 0.2) is 0 Å². The third-order valence-corrected chi connectivity index (χ3v) is 0.809. The van der Waals surface area contributed by atoms with Gasteiger partial charge in [0.1, 0.15) is 6.73 Å². The maximum Gasteiger partial charge on any atom is 0.140 e. The topological polar surface area (TPSA) is 12.5 Å². The van der Waals surface area contributed by atoms with Gasteiger partial charge in [-0.1, -0.05) is 6.92 Å². The van der Waals surface area contributed by atoms with Gasteiger partial charge in [0, 0.05) is 0 Å². The molecule has 0 spiro atoms. The van der Waals surface area contributed by atoms with Gasteiger partial charge in [0.2, 0.25) is 0 Å². The van der Waals surface area contributed by atoms with E-state index < -0.39 is 0 Å². The van der Waals surface area contributed by atoms with Crippen LogP contribution in [-0.2, 0) is 4.94 Å². The number of halogens is 1. The Morgan fingerprint density at radius 1 is 1.71 bits per heavy atom. The molecule has 0 atom stereocenters. The summed E-state index contributed by atoms with van der Waals surface area (Å²) >= 11 is 0. The summed E-state index contributed by atoms with van der Waals surface area (Å²) in [7, 11) is 1.78. The van der Waals surface area contributed by atoms with E-state index in [1.54, 1.807) is 11.9 Å². The molecule has 0 saturated heterocycles. The number of rotatable bonds is 3. The summed E-state index contributed by atoms with van der Waals surface area (Å²) in [6.07, 6.45) is 0. The molecule has 0 saturated carbocycles. The van der Waals surface area contributed by atoms with Crippen molar-refractivity contribution in [3.05, 3.63) is 0 Å². The first-order chi connectivity index (χ1) is 3.31. The summed E-state index contributed by atoms with van der Waals surface area (Å²) in [5.41, 5.74) is 0. The Morgan fingerprint density at radius 3 is 2.43 bits per heavy atom. The molecule has 0 N–H and O–H groups in total. The first kappa shape index (κ1) is 6.85. The van der Waals surface area contributed by atoms with Crippen molar-refractivity contribution in [3.63, 3.8) is 0 Å². The minimum Gasteiger partial charge on any atom is -0.281 e. The lowest BCUT2D eigenvalue weighted by molar-refractivity contribution is -0.167. The van der Waals surface area contributed by atoms with Crippen molar-refractivity contribution in [1.29, 1.82) is 0 Å². The van der Waals surface area contributed by atoms with E-state index in [1.165, 1.54) is 0 Å². The van der Waals surface area contributed by atoms with Crippen molar-refractivity contribution < 1.29 is 9.47 Å². The first-order valence-electron chi connectivity index (χ1n) is 2.23. The van der Waals surface area contributed by atoms with Crippen molar-refractivity contribution in [2.24, 2.45) is 0 Å². The summed E-state index contributed by atoms with van der Waals surface area (Å²) in [5, 5.41) is 0. The highest BCUT2D eigenvalue weighted by Crippen LogP contribution is 1.80. The Labute approximate surface area is 42.8 Å². The molecule has 0 aromatic carbocycles. The third kappa shape index (κ3) is 3.69. The van der Waals surface area contributed by atoms with Crippen LogP contribution in [-0.4, -0.2) is 25.2 Å². The molecule has 3 heteroatoms. The van der Waals surface area contributed by atoms with Crippen molar-refractivity contribution in [3.8, 4) is 0 Å². The van der Waals surface area contributed by atoms with E-state index in [4.69, 9.17) is 0 Å². The highest BCUT2D eigenvalue weighted by molar-refractivity contribution is 4.31. The van der Waals surface area contributed by atoms with Gasteiger partial charge < -0.3 is 0 Å². The zero-order valence-corrected chi connectivity index (χ0v) is 4.65. The fraction of sp³-hybridized carbons (Fsp3) is 1.00. The largest absolute Gasteiger partial charge is 0.281 e. The van der Waals surface area contributed by atoms with Gasteiger partial charge in [0.05, 0.1) is 0 Å². The van der Waals surface area contributed by atoms with E-state index in [0.29, 0.717) is 0 Å². The molecule has 0 heterocycles. The zero-order valence-electron chi connectivity index (χ0n) is 4.65. The number of nitrogens with zero attached hydrogens (tertiary/aromatic N) is 1. The van der Waals surface area contributed by atoms with Crippen LogP contribution in [0, 0.1) is 0 Å². The summed E-state index contributed by atoms with van der Waals surface area (Å²) < 4.78 is 10.9. The van der Waals surface area contributed by atoms with Crippen molar-refractivity contribution in [1.82, 2.24) is 4.90 Å². The monoisotopic (exact) mass is 107 g/mol. The molecular weight excluding hydrogens is 97.0 g/mol. The van der Waals surface area contributed by atoms with Crippen LogP contribution >= 0.6 is 0 Å². The molecule has 7 heavy (non-hydrogen) atoms. The minimum atomic E-state index is 0.0660. The summed E-state index contributed by atoms with van der Waals surface area (Å²) in [6.45, 7) is 2.80. The van der Waals surface area contributed by atoms with E-state index in [1.807, 2.05) is 6.92 Å². The Morgan fingerprint density at radius 2 is 2.29 bits per heavy atom. The predicted molar refractivity (Wildman–Crippen MR) is 25.4 cm³/mol. The molecule has 0 aromatic rings. The second-order valence-electron chi connectivity index (χ2n) is 1.41. The SMILES string of the molecule is CCN(C)COF. The molecule has 0 aliphatic carbocycles. The molecule has 0 unspecified atom stereocenters. The lowest BCUT2D eigenvalue weighted by atomic mass is 10.7. The van der Waals surface area contributed by atoms with E-state index in [9.17, 15) is 4.53 Å². The Bertz CT molecular complexity index is 42.7. The Kier molecular flexibility index (Phi) is 3.93. The molecule has 0 fully saturated rings. The van der Waals surface area contributed by atoms with Crippen LogP contribution in [0.25, 0.3) is 0 Å². The molecule has 2 nitrogen and oxygen atoms in total. The lowest BCUT2D eigenvalue weighted by Gasteiger charge is -2.07. The van der Waals surface area contributed by atoms with Gasteiger partial charge in [-0.05, 0) is 18.1 Å². The average molecular weight is 107 g/mol. The van der Waals surface area contributed by atoms with Gasteiger partial charge >= 0.3 is 0 Å². The van der Waals surface area contributed by atoms with E-state index in [-0.39, 0.29) is 6.73 Å². The van der Waals surface area contributed by atoms with Crippen molar-refractivity contribution in [2.45, 2.75) is 6.92 Å². The van der Waals surface area contributed by atoms with Gasteiger partial charge in [0.15, 0.2) is 0 Å². The Balaban J connectivity index is 2.83. The van der Waals surface area contributed by atoms with Crippen molar-refractivity contribution >= 4 is 0 Å². The second-order valence-corrected chi connectivity index (χ2v) is 1.41. The predicted octanol–water partition coefficient (Wildman–Crippen LogP) is 0.797. The fourth-order valence-corrected chi connectivity index (χ4v) is 0.175. The van der Waals surface area contributed by atoms with Gasteiger partial charge in [0.25, 0.3) is 0 Å². The van der Waals surface area contributed by atoms with E-state index >= 15 is 0 Å². The van der Waals surface area contributed by atoms with Gasteiger partial charge in [-0.3, -0.25) is 4.90 Å². The smallest absolute Gasteiger partial charge is 0.140 e. The molecule has 0 aromatic heterocycles. The first-order valence-corrected chi connectivity index (χ1v) is 2.23. The van der Waals surface area contributed by atoms with Crippen molar-refractivity contribution in [2.75, 3.05) is 20.3 Å². The van der Waals surface area contributed by atoms with Gasteiger partial charge in [-0.15, -0.1) is 0 Å². The molecule has 0 rings (SSSR count). The molecular formula is C4H10FNO. The molecule has 0 bridgehead atoms. The molecule has 0 amide bonds. The average Bonchev–Trinajstić information content (AvgIpc) is 1.68.